The summed E-state index contributed by atoms with van der Waals surface area (Å²) in [7, 11) is 0. The Morgan fingerprint density at radius 1 is 1.54 bits per heavy atom. The molecule has 13 heavy (non-hydrogen) atoms. The van der Waals surface area contributed by atoms with Gasteiger partial charge in [-0.15, -0.1) is 0 Å². The third-order valence-corrected chi connectivity index (χ3v) is 1.74. The van der Waals surface area contributed by atoms with Gasteiger partial charge in [-0.25, -0.2) is 4.39 Å². The Morgan fingerprint density at radius 3 is 3.00 bits per heavy atom. The molecule has 0 N–H and O–H groups in total. The van der Waals surface area contributed by atoms with Crippen LogP contribution in [0, 0.1) is 17.7 Å². The molecule has 1 rings (SSSR count). The summed E-state index contributed by atoms with van der Waals surface area (Å²) >= 11 is 5.61. The van der Waals surface area contributed by atoms with Crippen molar-refractivity contribution in [3.05, 3.63) is 34.6 Å². The first-order valence-electron chi connectivity index (χ1n) is 3.62. The maximum atomic E-state index is 12.8. The predicted molar refractivity (Wildman–Crippen MR) is 49.0 cm³/mol. The molecule has 0 radical (unpaired) electrons. The smallest absolute Gasteiger partial charge is 0.143 e. The number of rotatable bonds is 1. The minimum Gasteiger partial charge on any atom is -0.302 e. The molecule has 0 spiro atoms. The second-order valence-electron chi connectivity index (χ2n) is 2.27. The molecule has 0 fully saturated rings. The molecule has 0 amide bonds. The van der Waals surface area contributed by atoms with E-state index in [0.717, 1.165) is 0 Å². The van der Waals surface area contributed by atoms with Gasteiger partial charge in [0, 0.05) is 5.56 Å². The number of halogens is 2. The third kappa shape index (κ3) is 2.57. The van der Waals surface area contributed by atoms with Crippen LogP contribution in [-0.2, 0) is 4.79 Å². The van der Waals surface area contributed by atoms with Crippen LogP contribution in [0.1, 0.15) is 12.0 Å². The van der Waals surface area contributed by atoms with E-state index in [1.54, 1.807) is 6.07 Å². The number of carbonyl (C=O) groups is 1. The zero-order chi connectivity index (χ0) is 9.68. The SMILES string of the molecule is O=CCC#Cc1cccc(F)c1Cl. The predicted octanol–water partition coefficient (Wildman–Crippen LogP) is 2.42. The molecule has 0 atom stereocenters. The fourth-order valence-corrected chi connectivity index (χ4v) is 0.961. The minimum atomic E-state index is -0.500. The summed E-state index contributed by atoms with van der Waals surface area (Å²) in [5.41, 5.74) is 0.406. The summed E-state index contributed by atoms with van der Waals surface area (Å²) in [6.07, 6.45) is 0.813. The van der Waals surface area contributed by atoms with Gasteiger partial charge in [0.15, 0.2) is 0 Å². The van der Waals surface area contributed by atoms with Crippen LogP contribution in [0.2, 0.25) is 5.02 Å². The molecule has 0 saturated heterocycles. The molecule has 0 aliphatic rings. The summed E-state index contributed by atoms with van der Waals surface area (Å²) in [4.78, 5) is 9.94. The maximum Gasteiger partial charge on any atom is 0.143 e. The van der Waals surface area contributed by atoms with Gasteiger partial charge in [0.05, 0.1) is 11.4 Å². The molecule has 0 aliphatic carbocycles. The minimum absolute atomic E-state index is 0.000832. The number of aldehydes is 1. The molecule has 0 bridgehead atoms. The monoisotopic (exact) mass is 196 g/mol. The summed E-state index contributed by atoms with van der Waals surface area (Å²) in [6.45, 7) is 0. The summed E-state index contributed by atoms with van der Waals surface area (Å²) in [6, 6.07) is 4.38. The first-order chi connectivity index (χ1) is 6.25. The summed E-state index contributed by atoms with van der Waals surface area (Å²) in [5.74, 6) is 4.65. The van der Waals surface area contributed by atoms with Crippen LogP contribution in [0.15, 0.2) is 18.2 Å². The molecule has 1 aromatic rings. The van der Waals surface area contributed by atoms with Gasteiger partial charge >= 0.3 is 0 Å². The Kier molecular flexibility index (Phi) is 3.48. The molecule has 0 unspecified atom stereocenters. The van der Waals surface area contributed by atoms with Crippen LogP contribution in [0.5, 0.6) is 0 Å². The van der Waals surface area contributed by atoms with E-state index >= 15 is 0 Å². The second-order valence-corrected chi connectivity index (χ2v) is 2.65. The Bertz CT molecular complexity index is 376. The van der Waals surface area contributed by atoms with Crippen LogP contribution in [0.3, 0.4) is 0 Å². The van der Waals surface area contributed by atoms with Gasteiger partial charge in [0.2, 0.25) is 0 Å². The van der Waals surface area contributed by atoms with Crippen molar-refractivity contribution in [2.24, 2.45) is 0 Å². The van der Waals surface area contributed by atoms with Gasteiger partial charge in [-0.05, 0) is 12.1 Å². The maximum absolute atomic E-state index is 12.8. The second kappa shape index (κ2) is 4.64. The summed E-state index contributed by atoms with van der Waals surface area (Å²) < 4.78 is 12.8. The fraction of sp³-hybridized carbons (Fsp3) is 0.100. The van der Waals surface area contributed by atoms with Gasteiger partial charge < -0.3 is 4.79 Å². The van der Waals surface area contributed by atoms with E-state index in [2.05, 4.69) is 11.8 Å². The van der Waals surface area contributed by atoms with Crippen molar-refractivity contribution in [3.8, 4) is 11.8 Å². The van der Waals surface area contributed by atoms with E-state index in [1.165, 1.54) is 12.1 Å². The molecule has 1 nitrogen and oxygen atoms in total. The van der Waals surface area contributed by atoms with Crippen molar-refractivity contribution in [1.29, 1.82) is 0 Å². The van der Waals surface area contributed by atoms with E-state index in [1.807, 2.05) is 0 Å². The van der Waals surface area contributed by atoms with E-state index < -0.39 is 5.82 Å². The highest BCUT2D eigenvalue weighted by atomic mass is 35.5. The van der Waals surface area contributed by atoms with Crippen LogP contribution in [0.4, 0.5) is 4.39 Å². The average molecular weight is 197 g/mol. The topological polar surface area (TPSA) is 17.1 Å². The molecule has 0 saturated carbocycles. The molecular formula is C10H6ClFO. The Balaban J connectivity index is 2.97. The van der Waals surface area contributed by atoms with E-state index in [9.17, 15) is 9.18 Å². The molecule has 1 aromatic carbocycles. The molecule has 0 aromatic heterocycles. The normalized spacial score (nSPS) is 8.77. The molecule has 3 heteroatoms. The van der Waals surface area contributed by atoms with Crippen molar-refractivity contribution in [2.45, 2.75) is 6.42 Å². The highest BCUT2D eigenvalue weighted by Crippen LogP contribution is 2.18. The molecule has 66 valence electrons. The Morgan fingerprint density at radius 2 is 2.31 bits per heavy atom. The average Bonchev–Trinajstić information content (AvgIpc) is 2.13. The lowest BCUT2D eigenvalue weighted by Crippen LogP contribution is -1.81. The van der Waals surface area contributed by atoms with E-state index in [4.69, 9.17) is 11.6 Å². The van der Waals surface area contributed by atoms with Gasteiger partial charge in [0.25, 0.3) is 0 Å². The number of hydrogen-bond donors (Lipinski definition) is 0. The Hall–Kier alpha value is -1.33. The zero-order valence-corrected chi connectivity index (χ0v) is 7.44. The lowest BCUT2D eigenvalue weighted by molar-refractivity contribution is -0.107. The highest BCUT2D eigenvalue weighted by molar-refractivity contribution is 6.31. The van der Waals surface area contributed by atoms with Gasteiger partial charge in [-0.2, -0.15) is 0 Å². The van der Waals surface area contributed by atoms with Crippen LogP contribution < -0.4 is 0 Å². The lowest BCUT2D eigenvalue weighted by atomic mass is 10.2. The largest absolute Gasteiger partial charge is 0.302 e. The fourth-order valence-electron chi connectivity index (χ4n) is 0.788. The van der Waals surface area contributed by atoms with Crippen LogP contribution >= 0.6 is 11.6 Å². The van der Waals surface area contributed by atoms with Gasteiger partial charge in [0.1, 0.15) is 12.1 Å². The molecule has 0 aliphatic heterocycles. The van der Waals surface area contributed by atoms with Crippen molar-refractivity contribution in [2.75, 3.05) is 0 Å². The standard InChI is InChI=1S/C10H6ClFO/c11-10-8(4-1-2-7-13)5-3-6-9(10)12/h3,5-7H,2H2. The van der Waals surface area contributed by atoms with E-state index in [-0.39, 0.29) is 11.4 Å². The van der Waals surface area contributed by atoms with Crippen molar-refractivity contribution >= 4 is 17.9 Å². The molecular weight excluding hydrogens is 191 g/mol. The van der Waals surface area contributed by atoms with Gasteiger partial charge in [-0.3, -0.25) is 0 Å². The lowest BCUT2D eigenvalue weighted by Gasteiger charge is -1.95. The first kappa shape index (κ1) is 9.76. The number of hydrogen-bond acceptors (Lipinski definition) is 1. The van der Waals surface area contributed by atoms with Crippen molar-refractivity contribution in [3.63, 3.8) is 0 Å². The van der Waals surface area contributed by atoms with Crippen molar-refractivity contribution < 1.29 is 9.18 Å². The number of carbonyl (C=O) groups excluding carboxylic acids is 1. The summed E-state index contributed by atoms with van der Waals surface area (Å²) in [5, 5.41) is 0.000832. The zero-order valence-electron chi connectivity index (χ0n) is 6.68. The Labute approximate surface area is 80.5 Å². The first-order valence-corrected chi connectivity index (χ1v) is 4.00. The third-order valence-electron chi connectivity index (χ3n) is 1.36. The van der Waals surface area contributed by atoms with E-state index in [0.29, 0.717) is 11.8 Å². The van der Waals surface area contributed by atoms with Gasteiger partial charge in [-0.1, -0.05) is 29.5 Å². The quantitative estimate of drug-likeness (QED) is 0.498. The molecule has 0 heterocycles. The van der Waals surface area contributed by atoms with Crippen molar-refractivity contribution in [1.82, 2.24) is 0 Å². The highest BCUT2D eigenvalue weighted by Gasteiger charge is 2.01. The van der Waals surface area contributed by atoms with Crippen LogP contribution in [0.25, 0.3) is 0 Å². The van der Waals surface area contributed by atoms with Crippen LogP contribution in [-0.4, -0.2) is 6.29 Å². The number of benzene rings is 1.